The molecule has 2 aromatic rings. The molecule has 23 heavy (non-hydrogen) atoms. The first-order valence-corrected chi connectivity index (χ1v) is 8.50. The maximum atomic E-state index is 12.4. The molecule has 0 aliphatic rings. The number of aryl methyl sites for hydroxylation is 1. The van der Waals surface area contributed by atoms with E-state index in [1.807, 2.05) is 39.5 Å². The highest BCUT2D eigenvalue weighted by Crippen LogP contribution is 2.25. The average molecular weight is 337 g/mol. The minimum Gasteiger partial charge on any atom is -0.469 e. The van der Waals surface area contributed by atoms with Gasteiger partial charge in [0.1, 0.15) is 5.76 Å². The molecule has 2 rings (SSSR count). The quantitative estimate of drug-likeness (QED) is 0.642. The molecule has 1 amide bonds. The molecule has 0 spiro atoms. The highest BCUT2D eigenvalue weighted by molar-refractivity contribution is 7.99. The number of hydrogen-bond donors (Lipinski definition) is 1. The summed E-state index contributed by atoms with van der Waals surface area (Å²) < 4.78 is 6.65. The molecule has 0 atom stereocenters. The van der Waals surface area contributed by atoms with Gasteiger partial charge in [-0.2, -0.15) is 0 Å². The Morgan fingerprint density at radius 1 is 1.35 bits per heavy atom. The third-order valence-corrected chi connectivity index (χ3v) is 4.42. The summed E-state index contributed by atoms with van der Waals surface area (Å²) in [5, 5.41) is 8.67. The predicted octanol–water partition coefficient (Wildman–Crippen LogP) is 2.30. The van der Waals surface area contributed by atoms with Gasteiger partial charge in [-0.3, -0.25) is 4.79 Å². The third-order valence-electron chi connectivity index (χ3n) is 3.49. The van der Waals surface area contributed by atoms with Crippen molar-refractivity contribution in [3.05, 3.63) is 18.1 Å². The molecule has 8 heteroatoms. The molecule has 0 aromatic carbocycles. The zero-order valence-electron chi connectivity index (χ0n) is 14.1. The molecule has 126 valence electrons. The van der Waals surface area contributed by atoms with Gasteiger partial charge in [0.25, 0.3) is 0 Å². The molecular formula is C15H23N5O2S. The Balaban J connectivity index is 2.09. The molecule has 0 saturated heterocycles. The number of nitrogens with zero attached hydrogens (tertiary/aromatic N) is 4. The first-order valence-electron chi connectivity index (χ1n) is 7.51. The van der Waals surface area contributed by atoms with Crippen LogP contribution in [0, 0.1) is 6.92 Å². The van der Waals surface area contributed by atoms with Gasteiger partial charge >= 0.3 is 0 Å². The van der Waals surface area contributed by atoms with Crippen LogP contribution in [0.4, 0.5) is 0 Å². The number of carbonyl (C=O) groups is 1. The predicted molar refractivity (Wildman–Crippen MR) is 90.5 cm³/mol. The van der Waals surface area contributed by atoms with Crippen molar-refractivity contribution < 1.29 is 9.21 Å². The van der Waals surface area contributed by atoms with E-state index in [9.17, 15) is 4.79 Å². The highest BCUT2D eigenvalue weighted by Gasteiger charge is 2.22. The van der Waals surface area contributed by atoms with Crippen molar-refractivity contribution in [2.75, 3.05) is 11.6 Å². The summed E-state index contributed by atoms with van der Waals surface area (Å²) in [5.74, 6) is 7.63. The van der Waals surface area contributed by atoms with Crippen LogP contribution < -0.4 is 5.84 Å². The summed E-state index contributed by atoms with van der Waals surface area (Å²) in [4.78, 5) is 14.2. The normalized spacial score (nSPS) is 11.4. The van der Waals surface area contributed by atoms with E-state index in [0.717, 1.165) is 11.3 Å². The number of amides is 1. The van der Waals surface area contributed by atoms with Crippen LogP contribution in [0.1, 0.15) is 33.5 Å². The summed E-state index contributed by atoms with van der Waals surface area (Å²) in [5.41, 5.74) is 0.796. The van der Waals surface area contributed by atoms with Gasteiger partial charge in [-0.05, 0) is 40.7 Å². The van der Waals surface area contributed by atoms with Crippen LogP contribution in [-0.2, 0) is 4.79 Å². The molecule has 0 radical (unpaired) electrons. The van der Waals surface area contributed by atoms with Gasteiger partial charge in [-0.1, -0.05) is 11.8 Å². The van der Waals surface area contributed by atoms with E-state index in [1.54, 1.807) is 12.3 Å². The molecule has 2 aromatic heterocycles. The number of rotatable bonds is 6. The lowest BCUT2D eigenvalue weighted by Gasteiger charge is -2.30. The van der Waals surface area contributed by atoms with Crippen molar-refractivity contribution >= 4 is 17.7 Å². The number of furan rings is 1. The van der Waals surface area contributed by atoms with E-state index in [4.69, 9.17) is 10.3 Å². The van der Waals surface area contributed by atoms with Crippen LogP contribution in [0.25, 0.3) is 11.4 Å². The first-order chi connectivity index (χ1) is 10.8. The lowest BCUT2D eigenvalue weighted by atomic mass is 10.2. The number of nitrogen functional groups attached to an aromatic ring is 1. The van der Waals surface area contributed by atoms with Crippen LogP contribution >= 0.6 is 11.8 Å². The van der Waals surface area contributed by atoms with Crippen LogP contribution in [0.3, 0.4) is 0 Å². The van der Waals surface area contributed by atoms with E-state index in [1.165, 1.54) is 16.4 Å². The van der Waals surface area contributed by atoms with Crippen LogP contribution in [0.15, 0.2) is 21.9 Å². The maximum Gasteiger partial charge on any atom is 0.233 e. The summed E-state index contributed by atoms with van der Waals surface area (Å²) in [7, 11) is 0. The van der Waals surface area contributed by atoms with E-state index in [2.05, 4.69) is 10.2 Å². The minimum atomic E-state index is 0.0593. The molecule has 0 bridgehead atoms. The summed E-state index contributed by atoms with van der Waals surface area (Å²) in [6, 6.07) is 2.10. The molecule has 2 heterocycles. The molecule has 0 aliphatic carbocycles. The van der Waals surface area contributed by atoms with Gasteiger partial charge in [0.2, 0.25) is 11.1 Å². The van der Waals surface area contributed by atoms with Crippen molar-refractivity contribution in [1.29, 1.82) is 0 Å². The summed E-state index contributed by atoms with van der Waals surface area (Å²) >= 11 is 1.28. The van der Waals surface area contributed by atoms with Crippen LogP contribution in [0.2, 0.25) is 0 Å². The van der Waals surface area contributed by atoms with Crippen molar-refractivity contribution in [3.8, 4) is 11.4 Å². The first kappa shape index (κ1) is 17.4. The maximum absolute atomic E-state index is 12.4. The fourth-order valence-electron chi connectivity index (χ4n) is 2.55. The Hall–Kier alpha value is -1.96. The fourth-order valence-corrected chi connectivity index (χ4v) is 3.27. The van der Waals surface area contributed by atoms with E-state index in [-0.39, 0.29) is 23.7 Å². The topological polar surface area (TPSA) is 90.2 Å². The number of nitrogens with two attached hydrogens (primary N) is 1. The standard InChI is InChI=1S/C15H23N5O2S/c1-9(2)19(10(3)4)13(21)8-23-15-18-17-14(20(15)16)12-6-7-22-11(12)5/h6-7,9-10H,8,16H2,1-5H3. The smallest absolute Gasteiger partial charge is 0.233 e. The Bertz CT molecular complexity index is 669. The van der Waals surface area contributed by atoms with Gasteiger partial charge in [-0.25, -0.2) is 4.68 Å². The van der Waals surface area contributed by atoms with Crippen molar-refractivity contribution in [2.45, 2.75) is 51.9 Å². The Morgan fingerprint density at radius 3 is 2.52 bits per heavy atom. The lowest BCUT2D eigenvalue weighted by molar-refractivity contribution is -0.131. The zero-order valence-corrected chi connectivity index (χ0v) is 14.9. The monoisotopic (exact) mass is 337 g/mol. The average Bonchev–Trinajstić information content (AvgIpc) is 3.02. The number of carbonyl (C=O) groups excluding carboxylic acids is 1. The van der Waals surface area contributed by atoms with Gasteiger partial charge in [-0.15, -0.1) is 10.2 Å². The molecule has 0 saturated carbocycles. The lowest BCUT2D eigenvalue weighted by Crippen LogP contribution is -2.43. The Labute approximate surface area is 140 Å². The number of hydrogen-bond acceptors (Lipinski definition) is 6. The van der Waals surface area contributed by atoms with Gasteiger partial charge in [0, 0.05) is 12.1 Å². The Morgan fingerprint density at radius 2 is 2.00 bits per heavy atom. The fraction of sp³-hybridized carbons (Fsp3) is 0.533. The summed E-state index contributed by atoms with van der Waals surface area (Å²) in [6.07, 6.45) is 1.58. The number of aromatic nitrogens is 3. The van der Waals surface area contributed by atoms with Gasteiger partial charge in [0.15, 0.2) is 5.82 Å². The SMILES string of the molecule is Cc1occc1-c1nnc(SCC(=O)N(C(C)C)C(C)C)n1N. The summed E-state index contributed by atoms with van der Waals surface area (Å²) in [6.45, 7) is 9.87. The van der Waals surface area contributed by atoms with Crippen LogP contribution in [-0.4, -0.2) is 43.5 Å². The molecule has 0 fully saturated rings. The van der Waals surface area contributed by atoms with Crippen molar-refractivity contribution in [3.63, 3.8) is 0 Å². The Kier molecular flexibility index (Phi) is 5.35. The minimum absolute atomic E-state index is 0.0593. The second kappa shape index (κ2) is 7.08. The highest BCUT2D eigenvalue weighted by atomic mass is 32.2. The molecule has 2 N–H and O–H groups in total. The van der Waals surface area contributed by atoms with E-state index >= 15 is 0 Å². The molecule has 0 unspecified atom stereocenters. The molecule has 0 aliphatic heterocycles. The van der Waals surface area contributed by atoms with Crippen molar-refractivity contribution in [1.82, 2.24) is 19.8 Å². The van der Waals surface area contributed by atoms with E-state index < -0.39 is 0 Å². The molecule has 7 nitrogen and oxygen atoms in total. The number of thioether (sulfide) groups is 1. The zero-order chi connectivity index (χ0) is 17.1. The second-order valence-electron chi connectivity index (χ2n) is 5.84. The van der Waals surface area contributed by atoms with Gasteiger partial charge < -0.3 is 15.2 Å². The van der Waals surface area contributed by atoms with Crippen LogP contribution in [0.5, 0.6) is 0 Å². The third kappa shape index (κ3) is 3.69. The van der Waals surface area contributed by atoms with E-state index in [0.29, 0.717) is 11.0 Å². The second-order valence-corrected chi connectivity index (χ2v) is 6.79. The molecular weight excluding hydrogens is 314 g/mol. The van der Waals surface area contributed by atoms with Gasteiger partial charge in [0.05, 0.1) is 17.6 Å². The largest absolute Gasteiger partial charge is 0.469 e. The van der Waals surface area contributed by atoms with Crippen molar-refractivity contribution in [2.24, 2.45) is 0 Å².